The third kappa shape index (κ3) is 6.47. The molecule has 0 saturated carbocycles. The quantitative estimate of drug-likeness (QED) is 0.616. The van der Waals surface area contributed by atoms with Crippen molar-refractivity contribution in [2.45, 2.75) is 32.3 Å². The van der Waals surface area contributed by atoms with Gasteiger partial charge in [-0.25, -0.2) is 4.79 Å². The largest absolute Gasteiger partial charge is 0.494 e. The van der Waals surface area contributed by atoms with E-state index in [2.05, 4.69) is 15.9 Å². The molecule has 1 rings (SSSR count). The standard InChI is InChI=1S/C14H20BrNO3/c1-14(2,19-13(16)17)10-11-4-6-12(7-5-11)18-9-3-8-15/h4-7H,3,8-10H2,1-2H3,(H2,16,17). The second-order valence-electron chi connectivity index (χ2n) is 4.89. The fraction of sp³-hybridized carbons (Fsp3) is 0.500. The highest BCUT2D eigenvalue weighted by Crippen LogP contribution is 2.19. The van der Waals surface area contributed by atoms with Crippen LogP contribution in [0.4, 0.5) is 4.79 Å². The Balaban J connectivity index is 2.54. The van der Waals surface area contributed by atoms with E-state index in [1.165, 1.54) is 0 Å². The Morgan fingerprint density at radius 2 is 1.95 bits per heavy atom. The summed E-state index contributed by atoms with van der Waals surface area (Å²) in [5, 5.41) is 0.934. The maximum absolute atomic E-state index is 10.8. The number of alkyl halides is 1. The zero-order valence-corrected chi connectivity index (χ0v) is 12.9. The summed E-state index contributed by atoms with van der Waals surface area (Å²) in [7, 11) is 0. The van der Waals surface area contributed by atoms with Gasteiger partial charge in [0, 0.05) is 11.8 Å². The first-order valence-corrected chi connectivity index (χ1v) is 7.31. The highest BCUT2D eigenvalue weighted by molar-refractivity contribution is 9.09. The number of hydrogen-bond donors (Lipinski definition) is 1. The fourth-order valence-electron chi connectivity index (χ4n) is 1.75. The highest BCUT2D eigenvalue weighted by Gasteiger charge is 2.22. The summed E-state index contributed by atoms with van der Waals surface area (Å²) in [6.07, 6.45) is 0.832. The minimum absolute atomic E-state index is 0.607. The van der Waals surface area contributed by atoms with Gasteiger partial charge in [-0.05, 0) is 38.0 Å². The molecule has 0 aromatic heterocycles. The monoisotopic (exact) mass is 329 g/mol. The van der Waals surface area contributed by atoms with Crippen LogP contribution in [-0.4, -0.2) is 23.6 Å². The predicted octanol–water partition coefficient (Wildman–Crippen LogP) is 3.27. The summed E-state index contributed by atoms with van der Waals surface area (Å²) in [6, 6.07) is 7.78. The normalized spacial score (nSPS) is 11.1. The van der Waals surface area contributed by atoms with Crippen LogP contribution in [0.1, 0.15) is 25.8 Å². The van der Waals surface area contributed by atoms with Crippen LogP contribution in [0.25, 0.3) is 0 Å². The lowest BCUT2D eigenvalue weighted by Gasteiger charge is -2.24. The van der Waals surface area contributed by atoms with E-state index in [0.717, 1.165) is 23.1 Å². The summed E-state index contributed by atoms with van der Waals surface area (Å²) < 4.78 is 10.6. The van der Waals surface area contributed by atoms with Crippen molar-refractivity contribution in [3.05, 3.63) is 29.8 Å². The van der Waals surface area contributed by atoms with Gasteiger partial charge in [0.1, 0.15) is 11.4 Å². The second-order valence-corrected chi connectivity index (χ2v) is 5.69. The summed E-state index contributed by atoms with van der Waals surface area (Å²) in [6.45, 7) is 4.36. The van der Waals surface area contributed by atoms with Crippen molar-refractivity contribution in [2.24, 2.45) is 5.73 Å². The van der Waals surface area contributed by atoms with Gasteiger partial charge >= 0.3 is 6.09 Å². The third-order valence-electron chi connectivity index (χ3n) is 2.48. The van der Waals surface area contributed by atoms with E-state index in [0.29, 0.717) is 13.0 Å². The Kier molecular flexibility index (Phi) is 6.15. The number of carbonyl (C=O) groups is 1. The Labute approximate surface area is 122 Å². The van der Waals surface area contributed by atoms with E-state index in [1.54, 1.807) is 0 Å². The number of rotatable bonds is 7. The molecule has 4 nitrogen and oxygen atoms in total. The van der Waals surface area contributed by atoms with Crippen molar-refractivity contribution < 1.29 is 14.3 Å². The average Bonchev–Trinajstić information content (AvgIpc) is 2.29. The van der Waals surface area contributed by atoms with E-state index >= 15 is 0 Å². The molecule has 106 valence electrons. The highest BCUT2D eigenvalue weighted by atomic mass is 79.9. The first-order valence-electron chi connectivity index (χ1n) is 6.19. The number of ether oxygens (including phenoxy) is 2. The summed E-state index contributed by atoms with van der Waals surface area (Å²) >= 11 is 3.36. The lowest BCUT2D eigenvalue weighted by atomic mass is 9.98. The van der Waals surface area contributed by atoms with Gasteiger partial charge in [-0.3, -0.25) is 0 Å². The second kappa shape index (κ2) is 7.38. The smallest absolute Gasteiger partial charge is 0.405 e. The van der Waals surface area contributed by atoms with Crippen molar-refractivity contribution in [1.29, 1.82) is 0 Å². The molecule has 0 atom stereocenters. The molecule has 0 unspecified atom stereocenters. The number of nitrogens with two attached hydrogens (primary N) is 1. The van der Waals surface area contributed by atoms with Gasteiger partial charge < -0.3 is 15.2 Å². The van der Waals surface area contributed by atoms with Crippen LogP contribution in [0.15, 0.2) is 24.3 Å². The third-order valence-corrected chi connectivity index (χ3v) is 3.04. The lowest BCUT2D eigenvalue weighted by molar-refractivity contribution is 0.0460. The molecule has 0 aliphatic heterocycles. The van der Waals surface area contributed by atoms with Crippen molar-refractivity contribution in [1.82, 2.24) is 0 Å². The number of benzene rings is 1. The predicted molar refractivity (Wildman–Crippen MR) is 78.8 cm³/mol. The number of carbonyl (C=O) groups excluding carboxylic acids is 1. The molecule has 1 amide bonds. The van der Waals surface area contributed by atoms with Gasteiger partial charge in [-0.2, -0.15) is 0 Å². The summed E-state index contributed by atoms with van der Waals surface area (Å²) in [4.78, 5) is 10.8. The van der Waals surface area contributed by atoms with Gasteiger partial charge in [0.2, 0.25) is 0 Å². The minimum Gasteiger partial charge on any atom is -0.494 e. The van der Waals surface area contributed by atoms with E-state index in [4.69, 9.17) is 15.2 Å². The van der Waals surface area contributed by atoms with E-state index < -0.39 is 11.7 Å². The molecule has 0 saturated heterocycles. The minimum atomic E-state index is -0.750. The molecule has 1 aromatic carbocycles. The van der Waals surface area contributed by atoms with E-state index in [-0.39, 0.29) is 0 Å². The SMILES string of the molecule is CC(C)(Cc1ccc(OCCCBr)cc1)OC(N)=O. The lowest BCUT2D eigenvalue weighted by Crippen LogP contribution is -2.33. The fourth-order valence-corrected chi connectivity index (χ4v) is 1.98. The Bertz CT molecular complexity index is 404. The van der Waals surface area contributed by atoms with Gasteiger partial charge in [-0.15, -0.1) is 0 Å². The molecule has 0 aliphatic carbocycles. The van der Waals surface area contributed by atoms with Crippen LogP contribution in [-0.2, 0) is 11.2 Å². The van der Waals surface area contributed by atoms with Crippen molar-refractivity contribution in [3.63, 3.8) is 0 Å². The molecule has 0 radical (unpaired) electrons. The molecule has 1 aromatic rings. The van der Waals surface area contributed by atoms with Gasteiger partial charge in [0.05, 0.1) is 6.61 Å². The number of primary amides is 1. The van der Waals surface area contributed by atoms with Gasteiger partial charge in [0.25, 0.3) is 0 Å². The molecule has 2 N–H and O–H groups in total. The Hall–Kier alpha value is -1.23. The summed E-state index contributed by atoms with van der Waals surface area (Å²) in [5.74, 6) is 0.846. The van der Waals surface area contributed by atoms with Crippen LogP contribution in [0.3, 0.4) is 0 Å². The van der Waals surface area contributed by atoms with Crippen LogP contribution >= 0.6 is 15.9 Å². The van der Waals surface area contributed by atoms with Gasteiger partial charge in [-0.1, -0.05) is 28.1 Å². The Morgan fingerprint density at radius 1 is 1.32 bits per heavy atom. The van der Waals surface area contributed by atoms with Crippen molar-refractivity contribution in [2.75, 3.05) is 11.9 Å². The molecular formula is C14H20BrNO3. The molecule has 0 bridgehead atoms. The van der Waals surface area contributed by atoms with Crippen molar-refractivity contribution in [3.8, 4) is 5.75 Å². The maximum atomic E-state index is 10.8. The topological polar surface area (TPSA) is 61.6 Å². The zero-order valence-electron chi connectivity index (χ0n) is 11.3. The zero-order chi connectivity index (χ0) is 14.3. The molecule has 5 heteroatoms. The summed E-state index contributed by atoms with van der Waals surface area (Å²) in [5.41, 5.74) is 5.50. The van der Waals surface area contributed by atoms with Crippen molar-refractivity contribution >= 4 is 22.0 Å². The number of amides is 1. The first-order chi connectivity index (χ1) is 8.93. The number of hydrogen-bond acceptors (Lipinski definition) is 3. The molecule has 0 spiro atoms. The van der Waals surface area contributed by atoms with Crippen LogP contribution < -0.4 is 10.5 Å². The molecule has 0 fully saturated rings. The van der Waals surface area contributed by atoms with E-state index in [1.807, 2.05) is 38.1 Å². The van der Waals surface area contributed by atoms with Crippen LogP contribution in [0, 0.1) is 0 Å². The average molecular weight is 330 g/mol. The van der Waals surface area contributed by atoms with Crippen LogP contribution in [0.5, 0.6) is 5.75 Å². The Morgan fingerprint density at radius 3 is 2.47 bits per heavy atom. The molecule has 0 aliphatic rings. The maximum Gasteiger partial charge on any atom is 0.405 e. The first kappa shape index (κ1) is 15.8. The molecule has 0 heterocycles. The van der Waals surface area contributed by atoms with Crippen LogP contribution in [0.2, 0.25) is 0 Å². The number of halogens is 1. The van der Waals surface area contributed by atoms with E-state index in [9.17, 15) is 4.79 Å². The van der Waals surface area contributed by atoms with Gasteiger partial charge in [0.15, 0.2) is 0 Å². The molecular weight excluding hydrogens is 310 g/mol. The molecule has 19 heavy (non-hydrogen) atoms.